The quantitative estimate of drug-likeness (QED) is 0.689. The van der Waals surface area contributed by atoms with Gasteiger partial charge in [-0.05, 0) is 6.92 Å². The van der Waals surface area contributed by atoms with E-state index in [2.05, 4.69) is 9.72 Å². The number of carbonyl (C=O) groups excluding carboxylic acids is 1. The Morgan fingerprint density at radius 1 is 1.71 bits per heavy atom. The number of halogens is 1. The first-order valence-electron chi connectivity index (χ1n) is 4.01. The Bertz CT molecular complexity index is 388. The van der Waals surface area contributed by atoms with E-state index in [1.54, 1.807) is 6.92 Å². The van der Waals surface area contributed by atoms with Gasteiger partial charge in [0.05, 0.1) is 17.8 Å². The number of hydrogen-bond acceptors (Lipinski definition) is 4. The zero-order valence-electron chi connectivity index (χ0n) is 7.57. The predicted molar refractivity (Wildman–Crippen MR) is 50.1 cm³/mol. The SMILES string of the molecule is CCOC(=O)Cn1cc(Cl)cnc1=O. The third-order valence-electron chi connectivity index (χ3n) is 1.43. The van der Waals surface area contributed by atoms with Gasteiger partial charge in [0, 0.05) is 6.20 Å². The summed E-state index contributed by atoms with van der Waals surface area (Å²) < 4.78 is 5.77. The van der Waals surface area contributed by atoms with Crippen molar-refractivity contribution < 1.29 is 9.53 Å². The van der Waals surface area contributed by atoms with Crippen LogP contribution in [0.5, 0.6) is 0 Å². The Labute approximate surface area is 85.3 Å². The van der Waals surface area contributed by atoms with Gasteiger partial charge in [-0.15, -0.1) is 0 Å². The number of ether oxygens (including phenoxy) is 1. The number of aromatic nitrogens is 2. The molecule has 0 aliphatic carbocycles. The van der Waals surface area contributed by atoms with Crippen molar-refractivity contribution in [2.75, 3.05) is 6.61 Å². The van der Waals surface area contributed by atoms with Gasteiger partial charge in [-0.3, -0.25) is 9.36 Å². The first-order chi connectivity index (χ1) is 6.63. The zero-order chi connectivity index (χ0) is 10.6. The molecule has 0 N–H and O–H groups in total. The molecular formula is C8H9ClN2O3. The Morgan fingerprint density at radius 2 is 2.43 bits per heavy atom. The van der Waals surface area contributed by atoms with E-state index >= 15 is 0 Å². The van der Waals surface area contributed by atoms with Crippen molar-refractivity contribution >= 4 is 17.6 Å². The molecule has 0 aliphatic rings. The molecule has 1 aromatic heterocycles. The van der Waals surface area contributed by atoms with E-state index < -0.39 is 11.7 Å². The summed E-state index contributed by atoms with van der Waals surface area (Å²) in [5.41, 5.74) is -0.526. The maximum Gasteiger partial charge on any atom is 0.348 e. The summed E-state index contributed by atoms with van der Waals surface area (Å²) in [5, 5.41) is 0.300. The van der Waals surface area contributed by atoms with Crippen LogP contribution in [0.1, 0.15) is 6.92 Å². The van der Waals surface area contributed by atoms with E-state index in [9.17, 15) is 9.59 Å². The maximum atomic E-state index is 11.1. The smallest absolute Gasteiger partial charge is 0.348 e. The lowest BCUT2D eigenvalue weighted by Gasteiger charge is -2.03. The lowest BCUT2D eigenvalue weighted by atomic mass is 10.5. The van der Waals surface area contributed by atoms with Crippen molar-refractivity contribution in [2.45, 2.75) is 13.5 Å². The van der Waals surface area contributed by atoms with Crippen molar-refractivity contribution in [1.29, 1.82) is 0 Å². The van der Waals surface area contributed by atoms with E-state index in [0.717, 1.165) is 4.57 Å². The molecule has 0 fully saturated rings. The highest BCUT2D eigenvalue weighted by molar-refractivity contribution is 6.30. The number of esters is 1. The fourth-order valence-electron chi connectivity index (χ4n) is 0.887. The van der Waals surface area contributed by atoms with Gasteiger partial charge in [-0.25, -0.2) is 9.78 Å². The average Bonchev–Trinajstić information content (AvgIpc) is 2.12. The number of carbonyl (C=O) groups is 1. The summed E-state index contributed by atoms with van der Waals surface area (Å²) in [4.78, 5) is 25.6. The molecule has 0 bridgehead atoms. The minimum Gasteiger partial charge on any atom is -0.465 e. The highest BCUT2D eigenvalue weighted by atomic mass is 35.5. The number of hydrogen-bond donors (Lipinski definition) is 0. The van der Waals surface area contributed by atoms with Crippen LogP contribution < -0.4 is 5.69 Å². The average molecular weight is 217 g/mol. The minimum atomic E-state index is -0.526. The first-order valence-corrected chi connectivity index (χ1v) is 4.39. The van der Waals surface area contributed by atoms with E-state index in [1.165, 1.54) is 12.4 Å². The summed E-state index contributed by atoms with van der Waals surface area (Å²) in [6.07, 6.45) is 2.57. The van der Waals surface area contributed by atoms with Crippen LogP contribution in [0.25, 0.3) is 0 Å². The highest BCUT2D eigenvalue weighted by Gasteiger charge is 2.05. The van der Waals surface area contributed by atoms with Gasteiger partial charge in [-0.1, -0.05) is 11.6 Å². The molecule has 0 unspecified atom stereocenters. The van der Waals surface area contributed by atoms with Crippen molar-refractivity contribution in [3.63, 3.8) is 0 Å². The summed E-state index contributed by atoms with van der Waals surface area (Å²) in [5.74, 6) is -0.487. The fourth-order valence-corrected chi connectivity index (χ4v) is 1.05. The van der Waals surface area contributed by atoms with Crippen LogP contribution in [-0.4, -0.2) is 22.1 Å². The van der Waals surface area contributed by atoms with Crippen LogP contribution in [0.15, 0.2) is 17.2 Å². The molecule has 1 aromatic rings. The second kappa shape index (κ2) is 4.76. The molecule has 0 saturated carbocycles. The molecule has 0 atom stereocenters. The van der Waals surface area contributed by atoms with Crippen LogP contribution in [-0.2, 0) is 16.1 Å². The van der Waals surface area contributed by atoms with Crippen LogP contribution in [0, 0.1) is 0 Å². The molecule has 0 aromatic carbocycles. The monoisotopic (exact) mass is 216 g/mol. The van der Waals surface area contributed by atoms with Gasteiger partial charge in [0.15, 0.2) is 0 Å². The van der Waals surface area contributed by atoms with E-state index in [1.807, 2.05) is 0 Å². The zero-order valence-corrected chi connectivity index (χ0v) is 8.32. The van der Waals surface area contributed by atoms with Crippen molar-refractivity contribution in [1.82, 2.24) is 9.55 Å². The van der Waals surface area contributed by atoms with Crippen molar-refractivity contribution in [3.05, 3.63) is 27.9 Å². The summed E-state index contributed by atoms with van der Waals surface area (Å²) in [7, 11) is 0. The predicted octanol–water partition coefficient (Wildman–Crippen LogP) is 0.460. The molecule has 5 nitrogen and oxygen atoms in total. The lowest BCUT2D eigenvalue weighted by molar-refractivity contribution is -0.143. The van der Waals surface area contributed by atoms with Crippen LogP contribution in [0.2, 0.25) is 5.02 Å². The molecule has 0 amide bonds. The molecule has 14 heavy (non-hydrogen) atoms. The second-order valence-electron chi connectivity index (χ2n) is 2.49. The maximum absolute atomic E-state index is 11.1. The molecule has 0 saturated heterocycles. The topological polar surface area (TPSA) is 61.2 Å². The van der Waals surface area contributed by atoms with Crippen molar-refractivity contribution in [2.24, 2.45) is 0 Å². The van der Waals surface area contributed by atoms with Gasteiger partial charge in [0.2, 0.25) is 0 Å². The minimum absolute atomic E-state index is 0.166. The Hall–Kier alpha value is -1.36. The van der Waals surface area contributed by atoms with Gasteiger partial charge >= 0.3 is 11.7 Å². The van der Waals surface area contributed by atoms with E-state index in [-0.39, 0.29) is 13.2 Å². The van der Waals surface area contributed by atoms with Crippen LogP contribution in [0.3, 0.4) is 0 Å². The summed E-state index contributed by atoms with van der Waals surface area (Å²) >= 11 is 5.60. The number of rotatable bonds is 3. The summed E-state index contributed by atoms with van der Waals surface area (Å²) in [6.45, 7) is 1.80. The standard InChI is InChI=1S/C8H9ClN2O3/c1-2-14-7(12)5-11-4-6(9)3-10-8(11)13/h3-4H,2,5H2,1H3. The lowest BCUT2D eigenvalue weighted by Crippen LogP contribution is -2.26. The number of nitrogens with zero attached hydrogens (tertiary/aromatic N) is 2. The molecule has 6 heteroatoms. The van der Waals surface area contributed by atoms with Crippen LogP contribution in [0.4, 0.5) is 0 Å². The van der Waals surface area contributed by atoms with Gasteiger partial charge in [0.1, 0.15) is 6.54 Å². The second-order valence-corrected chi connectivity index (χ2v) is 2.92. The van der Waals surface area contributed by atoms with Gasteiger partial charge in [-0.2, -0.15) is 0 Å². The molecule has 0 radical (unpaired) electrons. The van der Waals surface area contributed by atoms with Gasteiger partial charge in [0.25, 0.3) is 0 Å². The molecule has 1 rings (SSSR count). The molecule has 0 spiro atoms. The van der Waals surface area contributed by atoms with Crippen molar-refractivity contribution in [3.8, 4) is 0 Å². The third kappa shape index (κ3) is 2.85. The Kier molecular flexibility index (Phi) is 3.64. The highest BCUT2D eigenvalue weighted by Crippen LogP contribution is 2.01. The van der Waals surface area contributed by atoms with Gasteiger partial charge < -0.3 is 4.74 Å². The normalized spacial score (nSPS) is 9.86. The van der Waals surface area contributed by atoms with Crippen LogP contribution >= 0.6 is 11.6 Å². The third-order valence-corrected chi connectivity index (χ3v) is 1.62. The Balaban J connectivity index is 2.81. The Morgan fingerprint density at radius 3 is 3.07 bits per heavy atom. The first kappa shape index (κ1) is 10.7. The molecular weight excluding hydrogens is 208 g/mol. The molecule has 0 aliphatic heterocycles. The molecule has 1 heterocycles. The van der Waals surface area contributed by atoms with E-state index in [4.69, 9.17) is 11.6 Å². The van der Waals surface area contributed by atoms with E-state index in [0.29, 0.717) is 5.02 Å². The fraction of sp³-hybridized carbons (Fsp3) is 0.375. The molecule has 76 valence electrons. The summed E-state index contributed by atoms with van der Waals surface area (Å²) in [6, 6.07) is 0. The largest absolute Gasteiger partial charge is 0.465 e.